The van der Waals surface area contributed by atoms with Gasteiger partial charge in [0.25, 0.3) is 0 Å². The van der Waals surface area contributed by atoms with Crippen molar-refractivity contribution in [2.24, 2.45) is 12.8 Å². The number of nitrogens with two attached hydrogens (primary N) is 1. The number of nitrogens with zero attached hydrogens (tertiary/aromatic N) is 2. The molecule has 0 unspecified atom stereocenters. The van der Waals surface area contributed by atoms with Crippen molar-refractivity contribution in [3.8, 4) is 0 Å². The van der Waals surface area contributed by atoms with Gasteiger partial charge in [0.2, 0.25) is 0 Å². The van der Waals surface area contributed by atoms with Crippen LogP contribution in [0.25, 0.3) is 11.0 Å². The largest absolute Gasteiger partial charge is 0.331 e. The molecule has 0 bridgehead atoms. The summed E-state index contributed by atoms with van der Waals surface area (Å²) in [7, 11) is 2.03. The number of fused-ring (bicyclic) bond motifs is 1. The molecule has 1 heterocycles. The van der Waals surface area contributed by atoms with Crippen molar-refractivity contribution < 1.29 is 0 Å². The summed E-state index contributed by atoms with van der Waals surface area (Å²) in [5, 5.41) is 0. The summed E-state index contributed by atoms with van der Waals surface area (Å²) < 4.78 is 2.10. The molecule has 0 saturated carbocycles. The van der Waals surface area contributed by atoms with E-state index >= 15 is 0 Å². The fraction of sp³-hybridized carbons (Fsp3) is 0.364. The molecule has 2 rings (SSSR count). The van der Waals surface area contributed by atoms with E-state index in [0.29, 0.717) is 6.54 Å². The number of aromatic nitrogens is 2. The predicted octanol–water partition coefficient (Wildman–Crippen LogP) is 1.38. The second-order valence-electron chi connectivity index (χ2n) is 3.58. The Bertz CT molecular complexity index is 457. The van der Waals surface area contributed by atoms with Crippen molar-refractivity contribution in [3.05, 3.63) is 29.6 Å². The summed E-state index contributed by atoms with van der Waals surface area (Å²) in [4.78, 5) is 4.48. The van der Waals surface area contributed by atoms with Gasteiger partial charge in [-0.15, -0.1) is 0 Å². The third kappa shape index (κ3) is 1.40. The Morgan fingerprint density at radius 1 is 1.43 bits per heavy atom. The van der Waals surface area contributed by atoms with E-state index in [4.69, 9.17) is 5.73 Å². The van der Waals surface area contributed by atoms with Gasteiger partial charge < -0.3 is 10.3 Å². The molecule has 0 radical (unpaired) electrons. The molecule has 0 saturated heterocycles. The monoisotopic (exact) mass is 189 g/mol. The zero-order valence-corrected chi connectivity index (χ0v) is 8.62. The van der Waals surface area contributed by atoms with Gasteiger partial charge >= 0.3 is 0 Å². The van der Waals surface area contributed by atoms with E-state index in [2.05, 4.69) is 27.8 Å². The van der Waals surface area contributed by atoms with Gasteiger partial charge in [0.15, 0.2) is 0 Å². The molecule has 0 fully saturated rings. The molecule has 14 heavy (non-hydrogen) atoms. The molecule has 3 nitrogen and oxygen atoms in total. The SMILES string of the molecule is Cc1nc2cc(CCN)ccc2n1C. The Morgan fingerprint density at radius 2 is 2.21 bits per heavy atom. The molecule has 1 aromatic carbocycles. The second kappa shape index (κ2) is 3.42. The van der Waals surface area contributed by atoms with Gasteiger partial charge in [0, 0.05) is 7.05 Å². The van der Waals surface area contributed by atoms with E-state index in [0.717, 1.165) is 17.8 Å². The number of hydrogen-bond donors (Lipinski definition) is 1. The summed E-state index contributed by atoms with van der Waals surface area (Å²) in [6, 6.07) is 6.35. The van der Waals surface area contributed by atoms with Crippen LogP contribution in [0.1, 0.15) is 11.4 Å². The first-order chi connectivity index (χ1) is 6.72. The molecular weight excluding hydrogens is 174 g/mol. The van der Waals surface area contributed by atoms with E-state index in [1.54, 1.807) is 0 Å². The molecule has 0 spiro atoms. The molecule has 0 aliphatic carbocycles. The maximum Gasteiger partial charge on any atom is 0.106 e. The first-order valence-corrected chi connectivity index (χ1v) is 4.84. The molecule has 74 valence electrons. The standard InChI is InChI=1S/C11H15N3/c1-8-13-10-7-9(5-6-12)3-4-11(10)14(8)2/h3-4,7H,5-6,12H2,1-2H3. The fourth-order valence-corrected chi connectivity index (χ4v) is 1.69. The Labute approximate surface area is 83.6 Å². The zero-order chi connectivity index (χ0) is 10.1. The summed E-state index contributed by atoms with van der Waals surface area (Å²) in [5.41, 5.74) is 9.03. The van der Waals surface area contributed by atoms with Crippen molar-refractivity contribution in [2.75, 3.05) is 6.54 Å². The minimum absolute atomic E-state index is 0.692. The highest BCUT2D eigenvalue weighted by Crippen LogP contribution is 2.16. The predicted molar refractivity (Wildman–Crippen MR) is 58.2 cm³/mol. The van der Waals surface area contributed by atoms with Crippen LogP contribution in [-0.2, 0) is 13.5 Å². The maximum atomic E-state index is 5.51. The van der Waals surface area contributed by atoms with Gasteiger partial charge in [0.1, 0.15) is 5.82 Å². The molecule has 3 heteroatoms. The number of hydrogen-bond acceptors (Lipinski definition) is 2. The van der Waals surface area contributed by atoms with Crippen molar-refractivity contribution in [3.63, 3.8) is 0 Å². The Kier molecular flexibility index (Phi) is 2.25. The average molecular weight is 189 g/mol. The van der Waals surface area contributed by atoms with Crippen LogP contribution in [0, 0.1) is 6.92 Å². The van der Waals surface area contributed by atoms with Crippen LogP contribution in [0.4, 0.5) is 0 Å². The van der Waals surface area contributed by atoms with E-state index in [9.17, 15) is 0 Å². The van der Waals surface area contributed by atoms with Crippen LogP contribution < -0.4 is 5.73 Å². The molecule has 0 atom stereocenters. The van der Waals surface area contributed by atoms with Crippen LogP contribution >= 0.6 is 0 Å². The summed E-state index contributed by atoms with van der Waals surface area (Å²) in [5.74, 6) is 1.05. The molecule has 0 aliphatic heterocycles. The minimum atomic E-state index is 0.692. The van der Waals surface area contributed by atoms with Crippen molar-refractivity contribution in [1.29, 1.82) is 0 Å². The van der Waals surface area contributed by atoms with Crippen LogP contribution in [0.2, 0.25) is 0 Å². The Hall–Kier alpha value is -1.35. The van der Waals surface area contributed by atoms with Gasteiger partial charge in [-0.1, -0.05) is 6.07 Å². The lowest BCUT2D eigenvalue weighted by Gasteiger charge is -1.99. The van der Waals surface area contributed by atoms with Gasteiger partial charge in [-0.3, -0.25) is 0 Å². The highest BCUT2D eigenvalue weighted by atomic mass is 15.0. The maximum absolute atomic E-state index is 5.51. The topological polar surface area (TPSA) is 43.8 Å². The Balaban J connectivity index is 2.56. The zero-order valence-electron chi connectivity index (χ0n) is 8.62. The Morgan fingerprint density at radius 3 is 2.93 bits per heavy atom. The van der Waals surface area contributed by atoms with Crippen molar-refractivity contribution in [1.82, 2.24) is 9.55 Å². The summed E-state index contributed by atoms with van der Waals surface area (Å²) in [6.45, 7) is 2.71. The molecule has 1 aromatic heterocycles. The lowest BCUT2D eigenvalue weighted by molar-refractivity contribution is 0.886. The van der Waals surface area contributed by atoms with Crippen LogP contribution in [0.15, 0.2) is 18.2 Å². The number of rotatable bonds is 2. The molecule has 2 aromatic rings. The third-order valence-electron chi connectivity index (χ3n) is 2.60. The second-order valence-corrected chi connectivity index (χ2v) is 3.58. The quantitative estimate of drug-likeness (QED) is 0.775. The number of benzene rings is 1. The highest BCUT2D eigenvalue weighted by Gasteiger charge is 2.03. The lowest BCUT2D eigenvalue weighted by Crippen LogP contribution is -2.02. The fourth-order valence-electron chi connectivity index (χ4n) is 1.69. The van der Waals surface area contributed by atoms with E-state index in [-0.39, 0.29) is 0 Å². The summed E-state index contributed by atoms with van der Waals surface area (Å²) in [6.07, 6.45) is 0.922. The van der Waals surface area contributed by atoms with Crippen LogP contribution in [0.3, 0.4) is 0 Å². The van der Waals surface area contributed by atoms with Crippen LogP contribution in [0.5, 0.6) is 0 Å². The van der Waals surface area contributed by atoms with E-state index in [1.807, 2.05) is 14.0 Å². The lowest BCUT2D eigenvalue weighted by atomic mass is 10.1. The highest BCUT2D eigenvalue weighted by molar-refractivity contribution is 5.76. The number of imidazole rings is 1. The normalized spacial score (nSPS) is 11.1. The molecule has 0 aliphatic rings. The molecule has 0 amide bonds. The minimum Gasteiger partial charge on any atom is -0.331 e. The summed E-state index contributed by atoms with van der Waals surface area (Å²) >= 11 is 0. The van der Waals surface area contributed by atoms with Gasteiger partial charge in [-0.2, -0.15) is 0 Å². The average Bonchev–Trinajstić information content (AvgIpc) is 2.43. The first-order valence-electron chi connectivity index (χ1n) is 4.84. The van der Waals surface area contributed by atoms with Crippen molar-refractivity contribution >= 4 is 11.0 Å². The van der Waals surface area contributed by atoms with E-state index < -0.39 is 0 Å². The van der Waals surface area contributed by atoms with Gasteiger partial charge in [-0.25, -0.2) is 4.98 Å². The first kappa shape index (κ1) is 9.21. The molecule has 2 N–H and O–H groups in total. The van der Waals surface area contributed by atoms with Crippen molar-refractivity contribution in [2.45, 2.75) is 13.3 Å². The third-order valence-corrected chi connectivity index (χ3v) is 2.60. The van der Waals surface area contributed by atoms with Crippen LogP contribution in [-0.4, -0.2) is 16.1 Å². The smallest absolute Gasteiger partial charge is 0.106 e. The molecular formula is C11H15N3. The van der Waals surface area contributed by atoms with Gasteiger partial charge in [0.05, 0.1) is 11.0 Å². The van der Waals surface area contributed by atoms with Gasteiger partial charge in [-0.05, 0) is 37.6 Å². The van der Waals surface area contributed by atoms with E-state index in [1.165, 1.54) is 11.1 Å². The number of aryl methyl sites for hydroxylation is 2.